The fourth-order valence-corrected chi connectivity index (χ4v) is 9.56. The lowest BCUT2D eigenvalue weighted by molar-refractivity contribution is -0.128. The molecule has 3 unspecified atom stereocenters. The number of benzene rings is 6. The first-order chi connectivity index (χ1) is 46.8. The Morgan fingerprint density at radius 1 is 0.571 bits per heavy atom. The number of halogens is 12. The smallest absolute Gasteiger partial charge is 0.408 e. The van der Waals surface area contributed by atoms with E-state index in [-0.39, 0.29) is 88.5 Å². The van der Waals surface area contributed by atoms with Crippen LogP contribution in [0.1, 0.15) is 23.6 Å². The van der Waals surface area contributed by atoms with Crippen LogP contribution in [0.2, 0.25) is 30.1 Å². The third-order valence-corrected chi connectivity index (χ3v) is 15.0. The number of ether oxygens (including phenoxy) is 4. The summed E-state index contributed by atoms with van der Waals surface area (Å²) < 4.78 is 93.1. The predicted molar refractivity (Wildman–Crippen MR) is 356 cm³/mol. The van der Waals surface area contributed by atoms with Crippen molar-refractivity contribution in [1.29, 1.82) is 15.8 Å². The Morgan fingerprint density at radius 3 is 1.26 bits per heavy atom. The molecular weight excluding hydrogens is 1420 g/mol. The van der Waals surface area contributed by atoms with E-state index < -0.39 is 56.1 Å². The van der Waals surface area contributed by atoms with Gasteiger partial charge >= 0.3 is 25.9 Å². The third kappa shape index (κ3) is 21.9. The van der Waals surface area contributed by atoms with Crippen LogP contribution in [-0.2, 0) is 9.53 Å². The van der Waals surface area contributed by atoms with E-state index in [9.17, 15) is 51.6 Å². The number of alkyl halides is 6. The molecule has 6 aromatic carbocycles. The molecular formula is C61H50Cl6F6N18O7. The van der Waals surface area contributed by atoms with Gasteiger partial charge in [0.1, 0.15) is 30.0 Å². The number of carbonyl (C=O) groups excluding carboxylic acids is 2. The van der Waals surface area contributed by atoms with Gasteiger partial charge in [0.2, 0.25) is 23.8 Å². The highest BCUT2D eigenvalue weighted by molar-refractivity contribution is 6.43. The molecule has 0 spiro atoms. The van der Waals surface area contributed by atoms with Gasteiger partial charge in [0.15, 0.2) is 18.6 Å². The van der Waals surface area contributed by atoms with Crippen LogP contribution in [0.25, 0.3) is 0 Å². The lowest BCUT2D eigenvalue weighted by Crippen LogP contribution is -2.47. The second kappa shape index (κ2) is 36.2. The number of rotatable bonds is 17. The fourth-order valence-electron chi connectivity index (χ4n) is 8.67. The summed E-state index contributed by atoms with van der Waals surface area (Å²) in [7, 11) is 0. The molecule has 3 aliphatic heterocycles. The monoisotopic (exact) mass is 1470 g/mol. The molecule has 3 heterocycles. The number of hydrogen-bond donors (Lipinski definition) is 7. The van der Waals surface area contributed by atoms with E-state index in [0.29, 0.717) is 53.9 Å². The molecule has 37 heteroatoms. The zero-order chi connectivity index (χ0) is 71.2. The van der Waals surface area contributed by atoms with E-state index in [1.165, 1.54) is 94.8 Å². The minimum atomic E-state index is -3.01. The molecule has 25 nitrogen and oxygen atoms in total. The second-order valence-corrected chi connectivity index (χ2v) is 22.1. The number of hydrazone groups is 3. The maximum Gasteiger partial charge on any atom is 0.408 e. The maximum absolute atomic E-state index is 12.6. The van der Waals surface area contributed by atoms with Gasteiger partial charge in [-0.05, 0) is 79.7 Å². The highest BCUT2D eigenvalue weighted by atomic mass is 35.5. The summed E-state index contributed by atoms with van der Waals surface area (Å²) in [6.45, 7) is -3.84. The molecule has 0 saturated heterocycles. The first-order valence-corrected chi connectivity index (χ1v) is 30.2. The molecule has 9 rings (SSSR count). The number of nitrogens with two attached hydrogens (primary N) is 1. The van der Waals surface area contributed by atoms with Gasteiger partial charge in [-0.1, -0.05) is 119 Å². The molecule has 2 amide bonds. The summed E-state index contributed by atoms with van der Waals surface area (Å²) in [5.41, 5.74) is 9.95. The highest BCUT2D eigenvalue weighted by Crippen LogP contribution is 2.31. The van der Waals surface area contributed by atoms with Gasteiger partial charge in [0.05, 0.1) is 102 Å². The summed E-state index contributed by atoms with van der Waals surface area (Å²) in [6, 6.07) is 29.7. The molecule has 0 bridgehead atoms. The number of hydrogen-bond acceptors (Lipinski definition) is 17. The summed E-state index contributed by atoms with van der Waals surface area (Å²) in [5.74, 6) is -0.906. The molecule has 6 aromatic rings. The Labute approximate surface area is 583 Å². The number of aliphatic hydroxyl groups excluding tert-OH is 1. The average molecular weight is 1470 g/mol. The van der Waals surface area contributed by atoms with Crippen LogP contribution in [0.3, 0.4) is 0 Å². The third-order valence-electron chi connectivity index (χ3n) is 12.8. The van der Waals surface area contributed by atoms with Gasteiger partial charge in [-0.3, -0.25) is 20.7 Å². The molecule has 98 heavy (non-hydrogen) atoms. The number of aliphatic hydroxyl groups is 1. The standard InChI is InChI=1S/C22H18Cl2F2N6O3.C21H18Cl2F2N6O3.C18H14Cl2F2N6O/c1-2-8-34-22(33)30-18-11-32(31-19(18)13-6-7-16(23)17(24)9-13)21(28-12-27)29-14-4-3-5-15(10-14)35-20(25)26;1-11(32)19(33)29-17-9-31(30-18(17)12-5-6-15(22)16(23)7-12)21(27-10-26)28-13-3-2-4-14(8-13)34-20(24)25;19-13-5-4-10(6-14(13)20)16-15(24)8-28(27-16)18(25-9-23)26-11-2-1-3-12(7-11)29-17(21)22/h2-7,9-10,18,20H,1,8,11H2,(H,28,29)(H,30,33);2-8,11,17,20,32H,9H2,1H3,(H,27,28)(H,29,33);1-7,15,17H,8,24H2,(H,25,26)/t;11-,17?;/m.0./s1. The molecule has 0 aliphatic carbocycles. The minimum Gasteiger partial charge on any atom is -0.445 e. The van der Waals surface area contributed by atoms with Gasteiger partial charge in [-0.25, -0.2) is 34.8 Å². The van der Waals surface area contributed by atoms with Crippen molar-refractivity contribution < 1.29 is 60.0 Å². The number of nitriles is 3. The van der Waals surface area contributed by atoms with Crippen molar-refractivity contribution in [3.63, 3.8) is 0 Å². The van der Waals surface area contributed by atoms with Crippen molar-refractivity contribution in [3.05, 3.63) is 187 Å². The first kappa shape index (κ1) is 75.1. The SMILES string of the molecule is C=CCOC(=O)NC1CN(C(=Nc2cccc(OC(F)F)c2)NC#N)N=C1c1ccc(Cl)c(Cl)c1.C[C@H](O)C(=O)NC1CN(C(=Nc2cccc(OC(F)F)c2)NC#N)N=C1c1ccc(Cl)c(Cl)c1.N#CNC(=Nc1cccc(OC(F)F)c1)N1CC(N)C(c2ccc(Cl)c(Cl)c2)=N1. The second-order valence-electron chi connectivity index (χ2n) is 19.7. The number of nitrogens with zero attached hydrogens (tertiary/aromatic N) is 12. The molecule has 0 radical (unpaired) electrons. The Bertz CT molecular complexity index is 4210. The predicted octanol–water partition coefficient (Wildman–Crippen LogP) is 11.6. The largest absolute Gasteiger partial charge is 0.445 e. The van der Waals surface area contributed by atoms with Crippen LogP contribution in [0.4, 0.5) is 48.2 Å². The Morgan fingerprint density at radius 2 is 0.918 bits per heavy atom. The van der Waals surface area contributed by atoms with Crippen LogP contribution < -0.4 is 46.5 Å². The van der Waals surface area contributed by atoms with Gasteiger partial charge in [-0.15, -0.1) is 0 Å². The normalized spacial score (nSPS) is 16.2. The van der Waals surface area contributed by atoms with E-state index >= 15 is 0 Å². The van der Waals surface area contributed by atoms with E-state index in [1.807, 2.05) is 0 Å². The van der Waals surface area contributed by atoms with Crippen molar-refractivity contribution in [1.82, 2.24) is 41.6 Å². The van der Waals surface area contributed by atoms with Crippen molar-refractivity contribution in [2.45, 2.75) is 51.0 Å². The van der Waals surface area contributed by atoms with E-state index in [2.05, 4.69) is 77.7 Å². The van der Waals surface area contributed by atoms with Crippen molar-refractivity contribution in [2.24, 2.45) is 36.0 Å². The molecule has 0 saturated carbocycles. The van der Waals surface area contributed by atoms with Crippen LogP contribution in [0, 0.1) is 34.4 Å². The number of nitrogens with one attached hydrogen (secondary N) is 5. The molecule has 510 valence electrons. The van der Waals surface area contributed by atoms with Gasteiger partial charge in [0, 0.05) is 34.9 Å². The summed E-state index contributed by atoms with van der Waals surface area (Å²) in [4.78, 5) is 37.2. The average Bonchev–Trinajstić information content (AvgIpc) is 1.67. The van der Waals surface area contributed by atoms with Crippen LogP contribution in [0.5, 0.6) is 17.2 Å². The number of amides is 2. The van der Waals surface area contributed by atoms with Gasteiger partial charge in [0.25, 0.3) is 0 Å². The zero-order valence-corrected chi connectivity index (χ0v) is 54.7. The Hall–Kier alpha value is -10.3. The van der Waals surface area contributed by atoms with Crippen molar-refractivity contribution >= 4 is 134 Å². The van der Waals surface area contributed by atoms with Crippen LogP contribution in [0.15, 0.2) is 170 Å². The van der Waals surface area contributed by atoms with Crippen molar-refractivity contribution in [3.8, 4) is 35.8 Å². The lowest BCUT2D eigenvalue weighted by Gasteiger charge is -2.18. The summed E-state index contributed by atoms with van der Waals surface area (Å²) in [5, 5.41) is 69.1. The minimum absolute atomic E-state index is 0.00123. The molecule has 4 atom stereocenters. The lowest BCUT2D eigenvalue weighted by atomic mass is 10.0. The van der Waals surface area contributed by atoms with Crippen LogP contribution in [-0.4, -0.2) is 137 Å². The number of guanidine groups is 3. The Kier molecular flexibility index (Phi) is 27.7. The van der Waals surface area contributed by atoms with Crippen LogP contribution >= 0.6 is 69.6 Å². The summed E-state index contributed by atoms with van der Waals surface area (Å²) >= 11 is 36.3. The summed E-state index contributed by atoms with van der Waals surface area (Å²) in [6.07, 6.45) is 4.72. The highest BCUT2D eigenvalue weighted by Gasteiger charge is 2.35. The van der Waals surface area contributed by atoms with E-state index in [4.69, 9.17) is 85.3 Å². The van der Waals surface area contributed by atoms with E-state index in [1.54, 1.807) is 79.2 Å². The molecule has 8 N–H and O–H groups in total. The maximum atomic E-state index is 12.6. The number of aliphatic imine (C=N–C) groups is 3. The number of carbonyl (C=O) groups is 2. The van der Waals surface area contributed by atoms with Gasteiger partial charge in [-0.2, -0.15) is 57.4 Å². The molecule has 0 fully saturated rings. The van der Waals surface area contributed by atoms with Gasteiger partial charge < -0.3 is 40.4 Å². The zero-order valence-electron chi connectivity index (χ0n) is 50.2. The van der Waals surface area contributed by atoms with E-state index in [0.717, 1.165) is 0 Å². The number of alkyl carbamates (subject to hydrolysis) is 1. The molecule has 0 aromatic heterocycles. The van der Waals surface area contributed by atoms with Crippen molar-refractivity contribution in [2.75, 3.05) is 26.2 Å². The fraction of sp³-hybridized carbons (Fsp3) is 0.197. The topological polar surface area (TPSA) is 333 Å². The molecule has 3 aliphatic rings. The Balaban J connectivity index is 0.000000208. The first-order valence-electron chi connectivity index (χ1n) is 27.9. The quantitative estimate of drug-likeness (QED) is 0.0111.